The molecule has 0 unspecified atom stereocenters. The number of hydrogen-bond acceptors (Lipinski definition) is 3. The summed E-state index contributed by atoms with van der Waals surface area (Å²) in [5.41, 5.74) is -1.31. The second kappa shape index (κ2) is 3.96. The molecule has 1 aromatic carbocycles. The van der Waals surface area contributed by atoms with Gasteiger partial charge < -0.3 is 9.84 Å². The number of aliphatic carboxylic acids is 1. The van der Waals surface area contributed by atoms with Gasteiger partial charge in [0, 0.05) is 0 Å². The first kappa shape index (κ1) is 10.7. The van der Waals surface area contributed by atoms with Gasteiger partial charge in [0.1, 0.15) is 5.75 Å². The van der Waals surface area contributed by atoms with E-state index in [1.165, 1.54) is 0 Å². The maximum absolute atomic E-state index is 11.8. The Hall–Kier alpha value is -1.84. The van der Waals surface area contributed by atoms with Crippen LogP contribution in [0, 0.1) is 5.41 Å². The van der Waals surface area contributed by atoms with Crippen molar-refractivity contribution < 1.29 is 19.4 Å². The number of benzene rings is 1. The third-order valence-electron chi connectivity index (χ3n) is 2.96. The molecule has 2 rings (SSSR count). The molecular formula is C12H12O4. The Morgan fingerprint density at radius 1 is 1.19 bits per heavy atom. The lowest BCUT2D eigenvalue weighted by Gasteiger charge is -2.34. The van der Waals surface area contributed by atoms with E-state index in [-0.39, 0.29) is 0 Å². The summed E-state index contributed by atoms with van der Waals surface area (Å²) in [6, 6.07) is 8.53. The molecule has 1 N–H and O–H groups in total. The van der Waals surface area contributed by atoms with Gasteiger partial charge in [-0.05, 0) is 31.4 Å². The molecule has 1 aliphatic rings. The molecule has 0 amide bonds. The van der Waals surface area contributed by atoms with Crippen LogP contribution in [0.25, 0.3) is 0 Å². The second-order valence-electron chi connectivity index (χ2n) is 3.94. The van der Waals surface area contributed by atoms with Gasteiger partial charge in [-0.1, -0.05) is 18.2 Å². The minimum Gasteiger partial charge on any atom is -0.480 e. The molecule has 16 heavy (non-hydrogen) atoms. The molecule has 1 aromatic rings. The van der Waals surface area contributed by atoms with E-state index < -0.39 is 17.4 Å². The predicted octanol–water partition coefficient (Wildman–Crippen LogP) is 1.85. The summed E-state index contributed by atoms with van der Waals surface area (Å²) in [5.74, 6) is -1.35. The SMILES string of the molecule is O=C(O)C1(C(=O)Oc2ccccc2)CCC1. The fourth-order valence-corrected chi connectivity index (χ4v) is 1.73. The Labute approximate surface area is 92.8 Å². The molecule has 0 aromatic heterocycles. The van der Waals surface area contributed by atoms with E-state index in [9.17, 15) is 9.59 Å². The number of carbonyl (C=O) groups is 2. The average Bonchev–Trinajstić information content (AvgIpc) is 2.16. The summed E-state index contributed by atoms with van der Waals surface area (Å²) in [5, 5.41) is 9.03. The van der Waals surface area contributed by atoms with Crippen LogP contribution >= 0.6 is 0 Å². The van der Waals surface area contributed by atoms with Gasteiger partial charge in [0.25, 0.3) is 0 Å². The molecule has 0 radical (unpaired) electrons. The van der Waals surface area contributed by atoms with Crippen molar-refractivity contribution in [2.75, 3.05) is 0 Å². The molecule has 1 aliphatic carbocycles. The van der Waals surface area contributed by atoms with Crippen molar-refractivity contribution in [2.24, 2.45) is 5.41 Å². The predicted molar refractivity (Wildman–Crippen MR) is 56.0 cm³/mol. The third kappa shape index (κ3) is 1.66. The van der Waals surface area contributed by atoms with E-state index >= 15 is 0 Å². The van der Waals surface area contributed by atoms with Gasteiger partial charge in [0.05, 0.1) is 0 Å². The summed E-state index contributed by atoms with van der Waals surface area (Å²) in [6.45, 7) is 0. The lowest BCUT2D eigenvalue weighted by molar-refractivity contribution is -0.169. The number of rotatable bonds is 3. The van der Waals surface area contributed by atoms with Crippen LogP contribution in [0.1, 0.15) is 19.3 Å². The monoisotopic (exact) mass is 220 g/mol. The van der Waals surface area contributed by atoms with Crippen LogP contribution in [0.4, 0.5) is 0 Å². The van der Waals surface area contributed by atoms with Crippen LogP contribution in [0.15, 0.2) is 30.3 Å². The highest BCUT2D eigenvalue weighted by Crippen LogP contribution is 2.42. The van der Waals surface area contributed by atoms with Crippen molar-refractivity contribution in [2.45, 2.75) is 19.3 Å². The Balaban J connectivity index is 2.11. The Morgan fingerprint density at radius 3 is 2.25 bits per heavy atom. The normalized spacial score (nSPS) is 17.2. The van der Waals surface area contributed by atoms with Crippen LogP contribution in [0.3, 0.4) is 0 Å². The summed E-state index contributed by atoms with van der Waals surface area (Å²) < 4.78 is 5.06. The number of carbonyl (C=O) groups excluding carboxylic acids is 1. The molecule has 4 nitrogen and oxygen atoms in total. The molecule has 0 bridgehead atoms. The minimum absolute atomic E-state index is 0.369. The van der Waals surface area contributed by atoms with Gasteiger partial charge in [-0.15, -0.1) is 0 Å². The molecule has 0 spiro atoms. The first-order valence-electron chi connectivity index (χ1n) is 5.16. The molecule has 0 atom stereocenters. The van der Waals surface area contributed by atoms with E-state index in [0.717, 1.165) is 6.42 Å². The highest BCUT2D eigenvalue weighted by molar-refractivity contribution is 6.00. The molecule has 1 fully saturated rings. The largest absolute Gasteiger partial charge is 0.480 e. The first-order chi connectivity index (χ1) is 7.65. The van der Waals surface area contributed by atoms with Crippen molar-refractivity contribution in [1.29, 1.82) is 0 Å². The van der Waals surface area contributed by atoms with Gasteiger partial charge in [0.15, 0.2) is 5.41 Å². The van der Waals surface area contributed by atoms with Gasteiger partial charge in [-0.25, -0.2) is 0 Å². The molecule has 84 valence electrons. The van der Waals surface area contributed by atoms with Crippen LogP contribution < -0.4 is 4.74 Å². The van der Waals surface area contributed by atoms with E-state index in [1.54, 1.807) is 30.3 Å². The molecule has 4 heteroatoms. The summed E-state index contributed by atoms with van der Waals surface area (Å²) in [6.07, 6.45) is 1.50. The smallest absolute Gasteiger partial charge is 0.328 e. The Kier molecular flexibility index (Phi) is 2.64. The van der Waals surface area contributed by atoms with Crippen LogP contribution in [-0.2, 0) is 9.59 Å². The summed E-state index contributed by atoms with van der Waals surface area (Å²) in [7, 11) is 0. The maximum Gasteiger partial charge on any atom is 0.328 e. The first-order valence-corrected chi connectivity index (χ1v) is 5.16. The number of para-hydroxylation sites is 1. The zero-order chi connectivity index (χ0) is 11.6. The van der Waals surface area contributed by atoms with E-state index in [1.807, 2.05) is 0 Å². The molecule has 0 saturated heterocycles. The van der Waals surface area contributed by atoms with Crippen LogP contribution in [0.2, 0.25) is 0 Å². The van der Waals surface area contributed by atoms with E-state index in [0.29, 0.717) is 18.6 Å². The Bertz CT molecular complexity index is 406. The zero-order valence-electron chi connectivity index (χ0n) is 8.68. The quantitative estimate of drug-likeness (QED) is 0.479. The highest BCUT2D eigenvalue weighted by atomic mass is 16.5. The fraction of sp³-hybridized carbons (Fsp3) is 0.333. The lowest BCUT2D eigenvalue weighted by Crippen LogP contribution is -2.47. The standard InChI is InChI=1S/C12H12O4/c13-10(14)12(7-4-8-12)11(15)16-9-5-2-1-3-6-9/h1-3,5-6H,4,7-8H2,(H,13,14). The van der Waals surface area contributed by atoms with E-state index in [4.69, 9.17) is 9.84 Å². The highest BCUT2D eigenvalue weighted by Gasteiger charge is 2.52. The van der Waals surface area contributed by atoms with Gasteiger partial charge in [0.2, 0.25) is 0 Å². The van der Waals surface area contributed by atoms with Crippen molar-refractivity contribution in [1.82, 2.24) is 0 Å². The third-order valence-corrected chi connectivity index (χ3v) is 2.96. The van der Waals surface area contributed by atoms with E-state index in [2.05, 4.69) is 0 Å². The number of hydrogen-bond donors (Lipinski definition) is 1. The van der Waals surface area contributed by atoms with Crippen molar-refractivity contribution >= 4 is 11.9 Å². The average molecular weight is 220 g/mol. The van der Waals surface area contributed by atoms with Crippen molar-refractivity contribution in [3.63, 3.8) is 0 Å². The van der Waals surface area contributed by atoms with Gasteiger partial charge in [-0.3, -0.25) is 9.59 Å². The molecule has 0 heterocycles. The summed E-state index contributed by atoms with van der Waals surface area (Å²) >= 11 is 0. The van der Waals surface area contributed by atoms with Crippen LogP contribution in [-0.4, -0.2) is 17.0 Å². The van der Waals surface area contributed by atoms with Gasteiger partial charge in [-0.2, -0.15) is 0 Å². The molecule has 1 saturated carbocycles. The summed E-state index contributed by atoms with van der Waals surface area (Å²) in [4.78, 5) is 22.8. The maximum atomic E-state index is 11.8. The lowest BCUT2D eigenvalue weighted by atomic mass is 9.69. The molecular weight excluding hydrogens is 208 g/mol. The van der Waals surface area contributed by atoms with Crippen molar-refractivity contribution in [3.05, 3.63) is 30.3 Å². The second-order valence-corrected chi connectivity index (χ2v) is 3.94. The number of carboxylic acid groups (broad SMARTS) is 1. The minimum atomic E-state index is -1.31. The Morgan fingerprint density at radius 2 is 1.81 bits per heavy atom. The molecule has 0 aliphatic heterocycles. The number of esters is 1. The van der Waals surface area contributed by atoms with Crippen molar-refractivity contribution in [3.8, 4) is 5.75 Å². The van der Waals surface area contributed by atoms with Gasteiger partial charge >= 0.3 is 11.9 Å². The zero-order valence-corrected chi connectivity index (χ0v) is 8.68. The fourth-order valence-electron chi connectivity index (χ4n) is 1.73. The number of carboxylic acids is 1. The topological polar surface area (TPSA) is 63.6 Å². The number of ether oxygens (including phenoxy) is 1. The van der Waals surface area contributed by atoms with Crippen LogP contribution in [0.5, 0.6) is 5.75 Å².